The average Bonchev–Trinajstić information content (AvgIpc) is 0.736. The number of nitrogens with zero attached hydrogens (tertiary/aromatic N) is 1. The number of amides is 2. The maximum atomic E-state index is 16.0. The first-order valence-electron chi connectivity index (χ1n) is 42.3. The molecule has 4 aliphatic rings. The molecule has 0 radical (unpaired) electrons. The molecule has 2 amide bonds. The van der Waals surface area contributed by atoms with Gasteiger partial charge in [-0.15, -0.1) is 0 Å². The molecule has 688 valence electrons. The Morgan fingerprint density at radius 1 is 0.423 bits per heavy atom. The smallest absolute Gasteiger partial charge is 0.410 e. The van der Waals surface area contributed by atoms with Crippen LogP contribution in [0.5, 0.6) is 0 Å². The van der Waals surface area contributed by atoms with Crippen molar-refractivity contribution in [3.05, 3.63) is 287 Å². The highest BCUT2D eigenvalue weighted by molar-refractivity contribution is 5.91. The maximum absolute atomic E-state index is 16.0. The minimum atomic E-state index is -3.33. The second kappa shape index (κ2) is 47.1. The van der Waals surface area contributed by atoms with Gasteiger partial charge in [0.1, 0.15) is 80.9 Å². The number of ether oxygens (including phenoxy) is 20. The Balaban J connectivity index is 1.10. The van der Waals surface area contributed by atoms with E-state index in [1.54, 1.807) is 91.9 Å². The molecule has 8 aromatic rings. The van der Waals surface area contributed by atoms with Gasteiger partial charge in [0.25, 0.3) is 5.79 Å². The Kier molecular flexibility index (Phi) is 34.9. The van der Waals surface area contributed by atoms with E-state index in [9.17, 15) is 33.6 Å². The summed E-state index contributed by atoms with van der Waals surface area (Å²) in [4.78, 5) is 161. The highest BCUT2D eigenvalue weighted by Gasteiger charge is 2.65. The second-order valence-electron chi connectivity index (χ2n) is 31.1. The molecule has 4 fully saturated rings. The zero-order valence-electron chi connectivity index (χ0n) is 72.7. The predicted octanol–water partition coefficient (Wildman–Crippen LogP) is 10.4. The molecule has 20 atom stereocenters. The third kappa shape index (κ3) is 26.5. The summed E-state index contributed by atoms with van der Waals surface area (Å²) in [6.45, 7) is 4.10. The van der Waals surface area contributed by atoms with Gasteiger partial charge in [0, 0.05) is 41.5 Å². The standard InChI is InChI=1S/C97H104N2O31/c1-59-80(114-52-67-35-19-10-20-36-67)86(115-53-68-37-21-11-22-38-68)88(116-54-69-39-23-12-24-40-69)93(119-59)127-81-74(56-112-51-66-33-17-9-18-34-66)99(96(110)118-55-70-41-25-13-26-42-70)50-76(121-63(5)103)82(81)128-94-89(126-92(108)73-47-31-16-32-48-73)87(84(125-91(107)72-45-29-15-30-46-72)78(124-94)58-117-90(106)71-43-27-14-28-44-71)130-97(95(109)111-8)49-75(120-62(4)102)79(98-60(2)100)85(129-97)83(123-65(7)105)77(122-64(6)104)57-113-61(3)101/h9-48,59,74-89,93-94H,49-58H2,1-8H3,(H,98,100)/t59-,74+,75-,76-,77+,78+,79+,80+,81+,82+,83+,84-,85+,86+,87-,88-,89+,93-,94-,97-/m0/s1. The number of likely N-dealkylation sites (tertiary alicyclic amines) is 1. The van der Waals surface area contributed by atoms with Crippen molar-refractivity contribution >= 4 is 65.7 Å². The molecule has 130 heavy (non-hydrogen) atoms. The Bertz CT molecular complexity index is 5030. The summed E-state index contributed by atoms with van der Waals surface area (Å²) < 4.78 is 133. The molecule has 1 N–H and O–H groups in total. The molecule has 33 heteroatoms. The summed E-state index contributed by atoms with van der Waals surface area (Å²) >= 11 is 0. The van der Waals surface area contributed by atoms with Gasteiger partial charge in [-0.05, 0) is 71.1 Å². The zero-order valence-corrected chi connectivity index (χ0v) is 72.7. The Hall–Kier alpha value is -12.7. The highest BCUT2D eigenvalue weighted by Crippen LogP contribution is 2.44. The van der Waals surface area contributed by atoms with Crippen LogP contribution in [0.15, 0.2) is 243 Å². The summed E-state index contributed by atoms with van der Waals surface area (Å²) in [5.41, 5.74) is 3.10. The van der Waals surface area contributed by atoms with E-state index < -0.39 is 221 Å². The van der Waals surface area contributed by atoms with Crippen LogP contribution < -0.4 is 5.32 Å². The lowest BCUT2D eigenvalue weighted by molar-refractivity contribution is -0.383. The molecule has 0 aliphatic carbocycles. The molecule has 0 spiro atoms. The van der Waals surface area contributed by atoms with Crippen LogP contribution in [0.2, 0.25) is 0 Å². The van der Waals surface area contributed by atoms with Crippen LogP contribution in [0.25, 0.3) is 0 Å². The topological polar surface area (TPSA) is 388 Å². The zero-order chi connectivity index (χ0) is 92.2. The summed E-state index contributed by atoms with van der Waals surface area (Å²) in [6, 6.07) is 64.5. The molecule has 12 rings (SSSR count). The first-order valence-corrected chi connectivity index (χ1v) is 42.3. The van der Waals surface area contributed by atoms with E-state index in [4.69, 9.17) is 94.7 Å². The lowest BCUT2D eigenvalue weighted by Gasteiger charge is -2.53. The minimum absolute atomic E-state index is 0.0168. The first kappa shape index (κ1) is 96.4. The maximum Gasteiger partial charge on any atom is 0.410 e. The number of hydrogen-bond donors (Lipinski definition) is 1. The van der Waals surface area contributed by atoms with Gasteiger partial charge >= 0.3 is 59.8 Å². The van der Waals surface area contributed by atoms with Gasteiger partial charge in [-0.3, -0.25) is 33.7 Å². The monoisotopic (exact) mass is 1790 g/mol. The normalized spacial score (nSPS) is 25.1. The van der Waals surface area contributed by atoms with Crippen LogP contribution in [0.1, 0.15) is 114 Å². The van der Waals surface area contributed by atoms with E-state index in [1.807, 2.05) is 97.1 Å². The fourth-order valence-electron chi connectivity index (χ4n) is 15.7. The number of nitrogens with one attached hydrogen (secondary N) is 1. The van der Waals surface area contributed by atoms with Gasteiger partial charge in [-0.2, -0.15) is 0 Å². The van der Waals surface area contributed by atoms with Gasteiger partial charge in [0.05, 0.1) is 88.0 Å². The summed E-state index contributed by atoms with van der Waals surface area (Å²) in [5, 5.41) is 2.63. The van der Waals surface area contributed by atoms with Gasteiger partial charge < -0.3 is 100 Å². The molecule has 0 aromatic heterocycles. The van der Waals surface area contributed by atoms with Crippen molar-refractivity contribution in [1.82, 2.24) is 10.2 Å². The Morgan fingerprint density at radius 2 is 0.869 bits per heavy atom. The lowest BCUT2D eigenvalue weighted by atomic mass is 9.87. The molecule has 0 bridgehead atoms. The number of piperidine rings is 1. The molecule has 0 saturated carbocycles. The van der Waals surface area contributed by atoms with Crippen molar-refractivity contribution in [3.63, 3.8) is 0 Å². The van der Waals surface area contributed by atoms with Crippen molar-refractivity contribution in [2.75, 3.05) is 33.5 Å². The molecule has 4 heterocycles. The van der Waals surface area contributed by atoms with Gasteiger partial charge in [-0.1, -0.05) is 206 Å². The first-order chi connectivity index (χ1) is 62.8. The number of methoxy groups -OCH3 is 1. The number of carbonyl (C=O) groups is 11. The Morgan fingerprint density at radius 3 is 1.35 bits per heavy atom. The van der Waals surface area contributed by atoms with E-state index in [0.29, 0.717) is 16.7 Å². The SMILES string of the molecule is COC(=O)[C@@]1(O[C@H]2[C@@H](OC(=O)c3ccccc3)[C@@H](COC(=O)c3ccccc3)O[C@@H](O[C@H]3[C@H](O[C@@H]4O[C@@H](C)[C@@H](OCc5ccccc5)[C@@H](OCc5ccccc5)[C@@H]4OCc4ccccc4)[C@@H](COCc4ccccc4)N(C(=O)OCc4ccccc4)C[C@@H]3OC(C)=O)[C@@H]2OC(=O)c2ccccc2)C[C@H](OC(C)=O)[C@@H](NC(C)=O)[C@H]([C@H](OC(C)=O)[C@@H](COC(C)=O)OC(C)=O)O1. The van der Waals surface area contributed by atoms with Crippen molar-refractivity contribution < 1.29 is 147 Å². The number of carbonyl (C=O) groups excluding carboxylic acids is 11. The second-order valence-corrected chi connectivity index (χ2v) is 31.1. The summed E-state index contributed by atoms with van der Waals surface area (Å²) in [5.74, 6) is -14.4. The molecule has 8 aromatic carbocycles. The fourth-order valence-corrected chi connectivity index (χ4v) is 15.7. The third-order valence-corrected chi connectivity index (χ3v) is 21.5. The van der Waals surface area contributed by atoms with E-state index in [-0.39, 0.29) is 49.7 Å². The highest BCUT2D eigenvalue weighted by atomic mass is 16.8. The van der Waals surface area contributed by atoms with E-state index in [2.05, 4.69) is 5.32 Å². The minimum Gasteiger partial charge on any atom is -0.465 e. The van der Waals surface area contributed by atoms with Crippen LogP contribution >= 0.6 is 0 Å². The molecule has 4 saturated heterocycles. The molecule has 33 nitrogen and oxygen atoms in total. The largest absolute Gasteiger partial charge is 0.465 e. The average molecular weight is 1790 g/mol. The van der Waals surface area contributed by atoms with E-state index in [1.165, 1.54) is 65.6 Å². The molecule has 4 aliphatic heterocycles. The summed E-state index contributed by atoms with van der Waals surface area (Å²) in [7, 11) is 0.878. The van der Waals surface area contributed by atoms with Crippen molar-refractivity contribution in [1.29, 1.82) is 0 Å². The van der Waals surface area contributed by atoms with Crippen LogP contribution in [0.3, 0.4) is 0 Å². The number of hydrogen-bond acceptors (Lipinski definition) is 31. The Labute approximate surface area is 750 Å². The van der Waals surface area contributed by atoms with Gasteiger partial charge in [0.15, 0.2) is 37.0 Å². The van der Waals surface area contributed by atoms with Crippen LogP contribution in [0.4, 0.5) is 4.79 Å². The van der Waals surface area contributed by atoms with Crippen LogP contribution in [0, 0.1) is 0 Å². The van der Waals surface area contributed by atoms with Gasteiger partial charge in [-0.25, -0.2) is 24.0 Å². The number of rotatable bonds is 38. The van der Waals surface area contributed by atoms with Crippen molar-refractivity contribution in [2.45, 2.75) is 210 Å². The molecular weight excluding hydrogens is 1690 g/mol. The van der Waals surface area contributed by atoms with Crippen LogP contribution in [-0.4, -0.2) is 226 Å². The predicted molar refractivity (Wildman–Crippen MR) is 455 cm³/mol. The van der Waals surface area contributed by atoms with Crippen LogP contribution in [-0.2, 0) is 161 Å². The third-order valence-electron chi connectivity index (χ3n) is 21.5. The van der Waals surface area contributed by atoms with Gasteiger partial charge in [0.2, 0.25) is 5.91 Å². The van der Waals surface area contributed by atoms with E-state index in [0.717, 1.165) is 59.8 Å². The van der Waals surface area contributed by atoms with Crippen molar-refractivity contribution in [2.24, 2.45) is 0 Å². The van der Waals surface area contributed by atoms with E-state index >= 15 is 19.2 Å². The van der Waals surface area contributed by atoms with Crippen molar-refractivity contribution in [3.8, 4) is 0 Å². The number of benzene rings is 8. The molecular formula is C97H104N2O31. The number of esters is 9. The molecule has 0 unspecified atom stereocenters. The quantitative estimate of drug-likeness (QED) is 0.0277. The summed E-state index contributed by atoms with van der Waals surface area (Å²) in [6.07, 6.45) is -33.9. The lowest BCUT2D eigenvalue weighted by Crippen LogP contribution is -2.72. The fraction of sp³-hybridized carbons (Fsp3) is 0.392.